The van der Waals surface area contributed by atoms with E-state index in [2.05, 4.69) is 0 Å². The summed E-state index contributed by atoms with van der Waals surface area (Å²) in [5, 5.41) is 21.0. The monoisotopic (exact) mass is 288 g/mol. The first-order chi connectivity index (χ1) is 9.52. The van der Waals surface area contributed by atoms with Crippen LogP contribution in [-0.4, -0.2) is 59.4 Å². The molecule has 2 N–H and O–H groups in total. The molecule has 6 heteroatoms. The van der Waals surface area contributed by atoms with Crippen LogP contribution in [0, 0.1) is 0 Å². The summed E-state index contributed by atoms with van der Waals surface area (Å²) in [7, 11) is 0. The van der Waals surface area contributed by atoms with E-state index in [1.54, 1.807) is 0 Å². The summed E-state index contributed by atoms with van der Waals surface area (Å²) in [5.74, 6) is -2.87. The first-order valence-electron chi connectivity index (χ1n) is 7.51. The molecule has 0 aromatic carbocycles. The lowest BCUT2D eigenvalue weighted by Crippen LogP contribution is -2.77. The molecular formula is C14H24O6. The fraction of sp³-hybridized carbons (Fsp3) is 1.00. The highest BCUT2D eigenvalue weighted by molar-refractivity contribution is 5.05. The molecule has 3 saturated heterocycles. The van der Waals surface area contributed by atoms with Gasteiger partial charge in [-0.1, -0.05) is 0 Å². The van der Waals surface area contributed by atoms with Crippen LogP contribution in [0.2, 0.25) is 0 Å². The van der Waals surface area contributed by atoms with Crippen molar-refractivity contribution in [3.05, 3.63) is 0 Å². The highest BCUT2D eigenvalue weighted by Gasteiger charge is 2.69. The van der Waals surface area contributed by atoms with Gasteiger partial charge in [0.15, 0.2) is 0 Å². The molecule has 0 bridgehead atoms. The number of rotatable bonds is 0. The minimum absolute atomic E-state index is 0.244. The van der Waals surface area contributed by atoms with Gasteiger partial charge in [0.05, 0.1) is 25.4 Å². The first-order valence-corrected chi connectivity index (χ1v) is 7.51. The summed E-state index contributed by atoms with van der Waals surface area (Å²) in [5.41, 5.74) is 0. The summed E-state index contributed by atoms with van der Waals surface area (Å²) in [6.45, 7) is 4.66. The molecule has 6 nitrogen and oxygen atoms in total. The second-order valence-electron chi connectivity index (χ2n) is 5.99. The molecule has 3 aliphatic rings. The van der Waals surface area contributed by atoms with Gasteiger partial charge in [-0.15, -0.1) is 0 Å². The van der Waals surface area contributed by atoms with Crippen LogP contribution in [-0.2, 0) is 18.9 Å². The molecule has 6 unspecified atom stereocenters. The van der Waals surface area contributed by atoms with Crippen molar-refractivity contribution in [1.29, 1.82) is 0 Å². The number of hydrogen-bond acceptors (Lipinski definition) is 6. The third-order valence-corrected chi connectivity index (χ3v) is 4.62. The predicted octanol–water partition coefficient (Wildman–Crippen LogP) is 0.545. The van der Waals surface area contributed by atoms with Crippen molar-refractivity contribution in [3.63, 3.8) is 0 Å². The van der Waals surface area contributed by atoms with Crippen molar-refractivity contribution in [3.8, 4) is 0 Å². The molecular weight excluding hydrogens is 264 g/mol. The minimum Gasteiger partial charge on any atom is -0.387 e. The van der Waals surface area contributed by atoms with Crippen LogP contribution in [0.3, 0.4) is 0 Å². The van der Waals surface area contributed by atoms with Gasteiger partial charge in [0.1, 0.15) is 12.2 Å². The van der Waals surface area contributed by atoms with E-state index < -0.39 is 23.8 Å². The van der Waals surface area contributed by atoms with Gasteiger partial charge in [0, 0.05) is 0 Å². The van der Waals surface area contributed by atoms with Gasteiger partial charge in [-0.3, -0.25) is 0 Å². The van der Waals surface area contributed by atoms with Crippen LogP contribution in [0.4, 0.5) is 0 Å². The molecule has 0 amide bonds. The maximum absolute atomic E-state index is 10.5. The average molecular weight is 288 g/mol. The third-order valence-electron chi connectivity index (χ3n) is 4.62. The summed E-state index contributed by atoms with van der Waals surface area (Å²) in [4.78, 5) is 0. The highest BCUT2D eigenvalue weighted by atomic mass is 16.8. The molecule has 3 aliphatic heterocycles. The molecule has 6 atom stereocenters. The Labute approximate surface area is 119 Å². The summed E-state index contributed by atoms with van der Waals surface area (Å²) in [6.07, 6.45) is 0.352. The normalized spacial score (nSPS) is 53.4. The van der Waals surface area contributed by atoms with Crippen molar-refractivity contribution in [2.24, 2.45) is 0 Å². The zero-order chi connectivity index (χ0) is 14.4. The van der Waals surface area contributed by atoms with E-state index >= 15 is 0 Å². The fourth-order valence-corrected chi connectivity index (χ4v) is 3.37. The topological polar surface area (TPSA) is 77.4 Å². The zero-order valence-electron chi connectivity index (χ0n) is 12.1. The highest BCUT2D eigenvalue weighted by Crippen LogP contribution is 2.49. The smallest absolute Gasteiger partial charge is 0.253 e. The second-order valence-corrected chi connectivity index (χ2v) is 5.99. The van der Waals surface area contributed by atoms with Gasteiger partial charge in [-0.2, -0.15) is 0 Å². The van der Waals surface area contributed by atoms with Gasteiger partial charge < -0.3 is 29.2 Å². The quantitative estimate of drug-likeness (QED) is 0.677. The number of ether oxygens (including phenoxy) is 4. The van der Waals surface area contributed by atoms with Crippen molar-refractivity contribution in [1.82, 2.24) is 0 Å². The number of hydrogen-bond donors (Lipinski definition) is 2. The Morgan fingerprint density at radius 3 is 1.55 bits per heavy atom. The largest absolute Gasteiger partial charge is 0.387 e. The Morgan fingerprint density at radius 2 is 1.20 bits per heavy atom. The first kappa shape index (κ1) is 14.7. The summed E-state index contributed by atoms with van der Waals surface area (Å²) < 4.78 is 23.7. The predicted molar refractivity (Wildman–Crippen MR) is 68.9 cm³/mol. The van der Waals surface area contributed by atoms with Crippen LogP contribution in [0.15, 0.2) is 0 Å². The molecule has 0 aliphatic carbocycles. The Kier molecular flexibility index (Phi) is 3.81. The number of aliphatic hydroxyl groups excluding tert-OH is 2. The molecule has 3 rings (SSSR count). The maximum Gasteiger partial charge on any atom is 0.253 e. The van der Waals surface area contributed by atoms with Crippen molar-refractivity contribution < 1.29 is 29.2 Å². The molecule has 20 heavy (non-hydrogen) atoms. The van der Waals surface area contributed by atoms with E-state index in [1.165, 1.54) is 0 Å². The lowest BCUT2D eigenvalue weighted by Gasteiger charge is -2.59. The molecule has 3 heterocycles. The molecule has 0 aromatic heterocycles. The Balaban J connectivity index is 2.02. The fourth-order valence-electron chi connectivity index (χ4n) is 3.37. The van der Waals surface area contributed by atoms with Gasteiger partial charge >= 0.3 is 0 Å². The van der Waals surface area contributed by atoms with Crippen molar-refractivity contribution in [2.45, 2.75) is 75.5 Å². The molecule has 0 aromatic rings. The van der Waals surface area contributed by atoms with Gasteiger partial charge in [0.25, 0.3) is 11.6 Å². The molecule has 0 saturated carbocycles. The van der Waals surface area contributed by atoms with Crippen LogP contribution < -0.4 is 0 Å². The summed E-state index contributed by atoms with van der Waals surface area (Å²) >= 11 is 0. The molecule has 116 valence electrons. The lowest BCUT2D eigenvalue weighted by atomic mass is 9.84. The Hall–Kier alpha value is -0.240. The third kappa shape index (κ3) is 1.94. The van der Waals surface area contributed by atoms with Crippen molar-refractivity contribution in [2.75, 3.05) is 13.2 Å². The van der Waals surface area contributed by atoms with Crippen LogP contribution in [0.5, 0.6) is 0 Å². The Bertz CT molecular complexity index is 330. The molecule has 3 fully saturated rings. The lowest BCUT2D eigenvalue weighted by molar-refractivity contribution is -0.509. The SMILES string of the molecule is CC1OC2(OCCCC2O)C2(OCCCC2O)OC1C. The van der Waals surface area contributed by atoms with Gasteiger partial charge in [-0.05, 0) is 39.5 Å². The van der Waals surface area contributed by atoms with E-state index in [4.69, 9.17) is 18.9 Å². The summed E-state index contributed by atoms with van der Waals surface area (Å²) in [6, 6.07) is 0. The standard InChI is InChI=1S/C14H24O6/c1-9-10(2)20-14(12(16)6-4-8-18-14)13(19-9)11(15)5-3-7-17-13/h9-12,15-16H,3-8H2,1-2H3. The van der Waals surface area contributed by atoms with E-state index in [0.29, 0.717) is 26.1 Å². The van der Waals surface area contributed by atoms with Gasteiger partial charge in [0.2, 0.25) is 0 Å². The molecule has 2 spiro atoms. The zero-order valence-corrected chi connectivity index (χ0v) is 12.1. The van der Waals surface area contributed by atoms with Crippen molar-refractivity contribution >= 4 is 0 Å². The van der Waals surface area contributed by atoms with Crippen LogP contribution >= 0.6 is 0 Å². The van der Waals surface area contributed by atoms with Crippen LogP contribution in [0.1, 0.15) is 39.5 Å². The van der Waals surface area contributed by atoms with E-state index in [9.17, 15) is 10.2 Å². The van der Waals surface area contributed by atoms with Gasteiger partial charge in [-0.25, -0.2) is 0 Å². The Morgan fingerprint density at radius 1 is 0.800 bits per heavy atom. The van der Waals surface area contributed by atoms with Crippen LogP contribution in [0.25, 0.3) is 0 Å². The van der Waals surface area contributed by atoms with E-state index in [-0.39, 0.29) is 12.2 Å². The maximum atomic E-state index is 10.5. The average Bonchev–Trinajstić information content (AvgIpc) is 2.42. The molecule has 0 radical (unpaired) electrons. The number of aliphatic hydroxyl groups is 2. The van der Waals surface area contributed by atoms with E-state index in [1.807, 2.05) is 13.8 Å². The second kappa shape index (κ2) is 5.19. The minimum atomic E-state index is -1.43. The number of fused-ring (bicyclic) bond motifs is 1. The van der Waals surface area contributed by atoms with E-state index in [0.717, 1.165) is 12.8 Å².